The monoisotopic (exact) mass is 197 g/mol. The number of H-pyrrole nitrogens is 1. The largest absolute Gasteiger partial charge is 0.321 e. The van der Waals surface area contributed by atoms with Crippen LogP contribution >= 0.6 is 11.6 Å². The summed E-state index contributed by atoms with van der Waals surface area (Å²) in [5.74, 6) is -0.384. The van der Waals surface area contributed by atoms with Gasteiger partial charge >= 0.3 is 0 Å². The van der Waals surface area contributed by atoms with Crippen LogP contribution in [-0.2, 0) is 0 Å². The molecule has 2 rings (SSSR count). The molecule has 0 atom stereocenters. The molecule has 2 nitrogen and oxygen atoms in total. The summed E-state index contributed by atoms with van der Waals surface area (Å²) < 4.78 is 12.7. The molecule has 0 aliphatic heterocycles. The molecule has 66 valence electrons. The second-order valence-corrected chi connectivity index (χ2v) is 3.09. The molecule has 13 heavy (non-hydrogen) atoms. The lowest BCUT2D eigenvalue weighted by atomic mass is 10.2. The fraction of sp³-hybridized carbons (Fsp3) is 0. The van der Waals surface area contributed by atoms with Gasteiger partial charge in [0.2, 0.25) is 0 Å². The Morgan fingerprint density at radius 3 is 2.85 bits per heavy atom. The summed E-state index contributed by atoms with van der Waals surface area (Å²) in [7, 11) is 0. The fourth-order valence-corrected chi connectivity index (χ4v) is 1.31. The molecule has 0 saturated carbocycles. The normalized spacial score (nSPS) is 10.6. The van der Waals surface area contributed by atoms with E-state index in [4.69, 9.17) is 11.6 Å². The molecular formula is C9H5ClFNO. The molecule has 0 amide bonds. The van der Waals surface area contributed by atoms with Crippen molar-refractivity contribution >= 4 is 22.5 Å². The lowest BCUT2D eigenvalue weighted by Crippen LogP contribution is -2.05. The van der Waals surface area contributed by atoms with E-state index in [9.17, 15) is 9.18 Å². The van der Waals surface area contributed by atoms with Crippen molar-refractivity contribution in [1.29, 1.82) is 0 Å². The summed E-state index contributed by atoms with van der Waals surface area (Å²) in [6.45, 7) is 0. The lowest BCUT2D eigenvalue weighted by Gasteiger charge is -1.97. The average molecular weight is 198 g/mol. The van der Waals surface area contributed by atoms with E-state index in [1.54, 1.807) is 6.07 Å². The standard InChI is InChI=1S/C9H5ClFNO/c10-7-3-5-1-2-6(11)4-8(5)12-9(7)13/h1-4H,(H,12,13). The van der Waals surface area contributed by atoms with Gasteiger partial charge in [-0.05, 0) is 29.7 Å². The minimum atomic E-state index is -0.403. The summed E-state index contributed by atoms with van der Waals surface area (Å²) in [6, 6.07) is 5.64. The van der Waals surface area contributed by atoms with Crippen LogP contribution in [0.3, 0.4) is 0 Å². The molecule has 1 aromatic carbocycles. The number of rotatable bonds is 0. The van der Waals surface area contributed by atoms with Crippen LogP contribution < -0.4 is 5.56 Å². The van der Waals surface area contributed by atoms with Crippen molar-refractivity contribution in [3.05, 3.63) is 45.5 Å². The fourth-order valence-electron chi connectivity index (χ4n) is 1.15. The van der Waals surface area contributed by atoms with E-state index >= 15 is 0 Å². The maximum Gasteiger partial charge on any atom is 0.267 e. The van der Waals surface area contributed by atoms with E-state index in [2.05, 4.69) is 4.98 Å². The van der Waals surface area contributed by atoms with Crippen LogP contribution in [0.2, 0.25) is 5.02 Å². The van der Waals surface area contributed by atoms with Crippen LogP contribution in [0.15, 0.2) is 29.1 Å². The SMILES string of the molecule is O=c1[nH]c2cc(F)ccc2cc1Cl. The first kappa shape index (κ1) is 8.26. The molecular weight excluding hydrogens is 193 g/mol. The first-order chi connectivity index (χ1) is 6.16. The van der Waals surface area contributed by atoms with Crippen LogP contribution in [0.5, 0.6) is 0 Å². The molecule has 1 N–H and O–H groups in total. The minimum absolute atomic E-state index is 0.110. The van der Waals surface area contributed by atoms with E-state index < -0.39 is 5.56 Å². The Bertz CT molecular complexity index is 520. The van der Waals surface area contributed by atoms with Crippen molar-refractivity contribution in [1.82, 2.24) is 4.98 Å². The molecule has 0 aliphatic rings. The molecule has 1 heterocycles. The Kier molecular flexibility index (Phi) is 1.81. The Morgan fingerprint density at radius 1 is 1.31 bits per heavy atom. The topological polar surface area (TPSA) is 32.9 Å². The van der Waals surface area contributed by atoms with Crippen LogP contribution in [0.4, 0.5) is 4.39 Å². The second kappa shape index (κ2) is 2.85. The highest BCUT2D eigenvalue weighted by atomic mass is 35.5. The average Bonchev–Trinajstić information content (AvgIpc) is 2.08. The quantitative estimate of drug-likeness (QED) is 0.691. The van der Waals surface area contributed by atoms with Gasteiger partial charge in [0, 0.05) is 0 Å². The molecule has 0 radical (unpaired) electrons. The highest BCUT2D eigenvalue weighted by Crippen LogP contribution is 2.14. The van der Waals surface area contributed by atoms with Crippen LogP contribution in [0.25, 0.3) is 10.9 Å². The number of benzene rings is 1. The van der Waals surface area contributed by atoms with E-state index in [0.717, 1.165) is 0 Å². The first-order valence-corrected chi connectivity index (χ1v) is 4.03. The van der Waals surface area contributed by atoms with Crippen LogP contribution in [-0.4, -0.2) is 4.98 Å². The highest BCUT2D eigenvalue weighted by Gasteiger charge is 2.00. The van der Waals surface area contributed by atoms with Gasteiger partial charge in [-0.15, -0.1) is 0 Å². The smallest absolute Gasteiger partial charge is 0.267 e. The maximum atomic E-state index is 12.7. The molecule has 1 aromatic heterocycles. The van der Waals surface area contributed by atoms with Gasteiger partial charge in [0.05, 0.1) is 5.52 Å². The molecule has 0 fully saturated rings. The van der Waals surface area contributed by atoms with E-state index in [1.807, 2.05) is 0 Å². The first-order valence-electron chi connectivity index (χ1n) is 3.65. The third-order valence-corrected chi connectivity index (χ3v) is 2.04. The zero-order valence-corrected chi connectivity index (χ0v) is 7.23. The number of hydrogen-bond donors (Lipinski definition) is 1. The highest BCUT2D eigenvalue weighted by molar-refractivity contribution is 6.31. The zero-order chi connectivity index (χ0) is 9.42. The molecule has 0 unspecified atom stereocenters. The molecule has 4 heteroatoms. The number of nitrogens with one attached hydrogen (secondary N) is 1. The predicted octanol–water partition coefficient (Wildman–Crippen LogP) is 2.32. The Balaban J connectivity index is 2.89. The third kappa shape index (κ3) is 1.42. The van der Waals surface area contributed by atoms with Crippen molar-refractivity contribution in [3.8, 4) is 0 Å². The second-order valence-electron chi connectivity index (χ2n) is 2.68. The number of aromatic amines is 1. The number of aromatic nitrogens is 1. The molecule has 2 aromatic rings. The van der Waals surface area contributed by atoms with Gasteiger partial charge in [-0.25, -0.2) is 4.39 Å². The van der Waals surface area contributed by atoms with Crippen LogP contribution in [0.1, 0.15) is 0 Å². The predicted molar refractivity (Wildman–Crippen MR) is 49.5 cm³/mol. The van der Waals surface area contributed by atoms with Crippen molar-refractivity contribution in [3.63, 3.8) is 0 Å². The van der Waals surface area contributed by atoms with Crippen molar-refractivity contribution in [2.75, 3.05) is 0 Å². The molecule has 0 saturated heterocycles. The number of fused-ring (bicyclic) bond motifs is 1. The summed E-state index contributed by atoms with van der Waals surface area (Å²) in [5, 5.41) is 0.824. The van der Waals surface area contributed by atoms with Crippen molar-refractivity contribution in [2.24, 2.45) is 0 Å². The van der Waals surface area contributed by atoms with Gasteiger partial charge in [-0.1, -0.05) is 11.6 Å². The van der Waals surface area contributed by atoms with Gasteiger partial charge in [0.25, 0.3) is 5.56 Å². The van der Waals surface area contributed by atoms with Gasteiger partial charge < -0.3 is 4.98 Å². The van der Waals surface area contributed by atoms with Crippen molar-refractivity contribution in [2.45, 2.75) is 0 Å². The van der Waals surface area contributed by atoms with E-state index in [0.29, 0.717) is 10.9 Å². The van der Waals surface area contributed by atoms with Crippen LogP contribution in [0, 0.1) is 5.82 Å². The molecule has 0 spiro atoms. The third-order valence-electron chi connectivity index (χ3n) is 1.76. The van der Waals surface area contributed by atoms with E-state index in [-0.39, 0.29) is 10.8 Å². The maximum absolute atomic E-state index is 12.7. The summed E-state index contributed by atoms with van der Waals surface area (Å²) in [6.07, 6.45) is 0. The van der Waals surface area contributed by atoms with Gasteiger partial charge in [0.1, 0.15) is 10.8 Å². The Hall–Kier alpha value is -1.35. The van der Waals surface area contributed by atoms with Gasteiger partial charge in [0.15, 0.2) is 0 Å². The Morgan fingerprint density at radius 2 is 2.08 bits per heavy atom. The Labute approximate surface area is 78.0 Å². The number of halogens is 2. The molecule has 0 bridgehead atoms. The molecule has 0 aliphatic carbocycles. The van der Waals surface area contributed by atoms with E-state index in [1.165, 1.54) is 18.2 Å². The summed E-state index contributed by atoms with van der Waals surface area (Å²) >= 11 is 5.59. The number of pyridine rings is 1. The zero-order valence-electron chi connectivity index (χ0n) is 6.47. The summed E-state index contributed by atoms with van der Waals surface area (Å²) in [5.41, 5.74) is 0.0502. The lowest BCUT2D eigenvalue weighted by molar-refractivity contribution is 0.629. The van der Waals surface area contributed by atoms with Crippen molar-refractivity contribution < 1.29 is 4.39 Å². The van der Waals surface area contributed by atoms with Gasteiger partial charge in [-0.2, -0.15) is 0 Å². The number of hydrogen-bond acceptors (Lipinski definition) is 1. The van der Waals surface area contributed by atoms with Gasteiger partial charge in [-0.3, -0.25) is 4.79 Å². The minimum Gasteiger partial charge on any atom is -0.321 e. The summed E-state index contributed by atoms with van der Waals surface area (Å²) in [4.78, 5) is 13.5.